The number of rotatable bonds is 8. The molecule has 198 valence electrons. The first-order chi connectivity index (χ1) is 18.2. The van der Waals surface area contributed by atoms with Crippen LogP contribution in [0.2, 0.25) is 0 Å². The molecule has 2 atom stereocenters. The van der Waals surface area contributed by atoms with Gasteiger partial charge in [-0.3, -0.25) is 0 Å². The topological polar surface area (TPSA) is 135 Å². The van der Waals surface area contributed by atoms with E-state index in [1.807, 2.05) is 6.07 Å². The van der Waals surface area contributed by atoms with Crippen LogP contribution in [0.15, 0.2) is 42.6 Å². The molecule has 1 amide bonds. The summed E-state index contributed by atoms with van der Waals surface area (Å²) in [5.74, 6) is -2.33. The average molecular weight is 528 g/mol. The Labute approximate surface area is 216 Å². The van der Waals surface area contributed by atoms with Gasteiger partial charge in [0.25, 0.3) is 0 Å². The molecular formula is C25H24F3N7O3. The van der Waals surface area contributed by atoms with E-state index in [9.17, 15) is 23.2 Å². The number of hydrogen-bond donors (Lipinski definition) is 4. The Bertz CT molecular complexity index is 1360. The number of morpholine rings is 1. The molecule has 1 aliphatic heterocycles. The van der Waals surface area contributed by atoms with Crippen molar-refractivity contribution in [3.05, 3.63) is 71.2 Å². The van der Waals surface area contributed by atoms with Crippen molar-refractivity contribution in [2.24, 2.45) is 0 Å². The van der Waals surface area contributed by atoms with Crippen LogP contribution in [0, 0.1) is 28.8 Å². The number of carboxylic acid groups (broad SMARTS) is 1. The summed E-state index contributed by atoms with van der Waals surface area (Å²) >= 11 is 0. The fraction of sp³-hybridized carbons (Fsp3) is 0.280. The van der Waals surface area contributed by atoms with E-state index in [-0.39, 0.29) is 28.7 Å². The Morgan fingerprint density at radius 3 is 2.58 bits per heavy atom. The van der Waals surface area contributed by atoms with Gasteiger partial charge in [-0.2, -0.15) is 5.26 Å². The third kappa shape index (κ3) is 6.22. The molecule has 0 saturated carbocycles. The minimum Gasteiger partial charge on any atom is -0.465 e. The molecule has 2 aromatic heterocycles. The molecule has 4 N–H and O–H groups in total. The van der Waals surface area contributed by atoms with Gasteiger partial charge in [-0.15, -0.1) is 0 Å². The highest BCUT2D eigenvalue weighted by Gasteiger charge is 2.24. The van der Waals surface area contributed by atoms with Crippen LogP contribution in [-0.4, -0.2) is 53.5 Å². The second-order valence-corrected chi connectivity index (χ2v) is 8.50. The monoisotopic (exact) mass is 527 g/mol. The van der Waals surface area contributed by atoms with Crippen molar-refractivity contribution in [3.63, 3.8) is 0 Å². The van der Waals surface area contributed by atoms with Crippen LogP contribution >= 0.6 is 0 Å². The molecule has 0 aliphatic carbocycles. The van der Waals surface area contributed by atoms with Crippen molar-refractivity contribution in [1.29, 1.82) is 5.26 Å². The lowest BCUT2D eigenvalue weighted by atomic mass is 10.00. The number of pyridine rings is 2. The molecule has 1 fully saturated rings. The number of amides is 1. The summed E-state index contributed by atoms with van der Waals surface area (Å²) in [5, 5.41) is 26.5. The molecule has 4 rings (SSSR count). The molecular weight excluding hydrogens is 503 g/mol. The van der Waals surface area contributed by atoms with Crippen molar-refractivity contribution in [3.8, 4) is 6.07 Å². The van der Waals surface area contributed by atoms with Crippen molar-refractivity contribution in [1.82, 2.24) is 15.3 Å². The Morgan fingerprint density at radius 1 is 1.16 bits per heavy atom. The number of anilines is 4. The lowest BCUT2D eigenvalue weighted by Gasteiger charge is -2.28. The Morgan fingerprint density at radius 2 is 1.92 bits per heavy atom. The summed E-state index contributed by atoms with van der Waals surface area (Å²) < 4.78 is 49.0. The van der Waals surface area contributed by atoms with Crippen LogP contribution in [0.5, 0.6) is 0 Å². The lowest BCUT2D eigenvalue weighted by Crippen LogP contribution is -2.39. The average Bonchev–Trinajstić information content (AvgIpc) is 2.88. The number of benzene rings is 1. The first-order valence-corrected chi connectivity index (χ1v) is 11.6. The number of halogens is 3. The normalized spacial score (nSPS) is 14.8. The van der Waals surface area contributed by atoms with Gasteiger partial charge < -0.3 is 30.7 Å². The van der Waals surface area contributed by atoms with Gasteiger partial charge in [-0.25, -0.2) is 27.9 Å². The summed E-state index contributed by atoms with van der Waals surface area (Å²) in [4.78, 5) is 21.3. The second-order valence-electron chi connectivity index (χ2n) is 8.50. The van der Waals surface area contributed by atoms with Crippen LogP contribution in [0.25, 0.3) is 0 Å². The summed E-state index contributed by atoms with van der Waals surface area (Å²) in [6.07, 6.45) is 0.0352. The van der Waals surface area contributed by atoms with Crippen LogP contribution in [0.1, 0.15) is 24.1 Å². The fourth-order valence-electron chi connectivity index (χ4n) is 4.04. The molecule has 1 saturated heterocycles. The molecule has 10 nitrogen and oxygen atoms in total. The zero-order chi connectivity index (χ0) is 27.2. The van der Waals surface area contributed by atoms with Gasteiger partial charge in [-0.1, -0.05) is 12.1 Å². The molecule has 13 heteroatoms. The largest absolute Gasteiger partial charge is 0.465 e. The first kappa shape index (κ1) is 26.5. The Balaban J connectivity index is 1.63. The zero-order valence-corrected chi connectivity index (χ0v) is 20.2. The Hall–Kier alpha value is -4.57. The van der Waals surface area contributed by atoms with Gasteiger partial charge in [0.05, 0.1) is 42.7 Å². The Kier molecular flexibility index (Phi) is 8.12. The minimum absolute atomic E-state index is 0.0893. The number of nitrogens with one attached hydrogen (secondary N) is 3. The molecule has 0 unspecified atom stereocenters. The smallest absolute Gasteiger partial charge is 0.404 e. The van der Waals surface area contributed by atoms with E-state index in [1.165, 1.54) is 37.4 Å². The second kappa shape index (κ2) is 11.7. The van der Waals surface area contributed by atoms with Gasteiger partial charge >= 0.3 is 6.09 Å². The lowest BCUT2D eigenvalue weighted by molar-refractivity contribution is 0.122. The van der Waals surface area contributed by atoms with Gasteiger partial charge in [0.1, 0.15) is 11.9 Å². The molecule has 1 aliphatic rings. The van der Waals surface area contributed by atoms with E-state index in [2.05, 4.69) is 25.9 Å². The summed E-state index contributed by atoms with van der Waals surface area (Å²) in [6, 6.07) is 7.56. The van der Waals surface area contributed by atoms with E-state index in [4.69, 9.17) is 9.84 Å². The fourth-order valence-corrected chi connectivity index (χ4v) is 4.04. The van der Waals surface area contributed by atoms with Crippen LogP contribution in [-0.2, 0) is 4.74 Å². The third-order valence-electron chi connectivity index (χ3n) is 5.84. The highest BCUT2D eigenvalue weighted by molar-refractivity contribution is 5.67. The van der Waals surface area contributed by atoms with E-state index in [0.717, 1.165) is 6.07 Å². The van der Waals surface area contributed by atoms with Crippen molar-refractivity contribution >= 4 is 29.2 Å². The number of nitrogens with zero attached hydrogens (tertiary/aromatic N) is 4. The van der Waals surface area contributed by atoms with Crippen LogP contribution in [0.4, 0.5) is 41.1 Å². The SMILES string of the molecule is C[C@H](NC(=O)O)[C@H](Nc1nc(Nc2cnc(N3CCOCC3)c(F)c2)c(C#N)cc1F)c1cccc(F)c1. The standard InChI is InChI=1S/C25H24F3N7O3/c1-14(31-25(36)37)21(15-3-2-4-17(26)9-15)33-23-19(27)10-16(12-29)22(34-23)32-18-11-20(28)24(30-13-18)35-5-7-38-8-6-35/h2-4,9-11,13-14,21,31H,5-8H2,1H3,(H,36,37)(H2,32,33,34)/t14-,21-/m0/s1. The molecule has 3 heterocycles. The number of hydrogen-bond acceptors (Lipinski definition) is 8. The summed E-state index contributed by atoms with van der Waals surface area (Å²) in [7, 11) is 0. The predicted molar refractivity (Wildman–Crippen MR) is 133 cm³/mol. The zero-order valence-electron chi connectivity index (χ0n) is 20.2. The highest BCUT2D eigenvalue weighted by atomic mass is 19.1. The number of nitriles is 1. The summed E-state index contributed by atoms with van der Waals surface area (Å²) in [6.45, 7) is 3.41. The maximum absolute atomic E-state index is 15.0. The van der Waals surface area contributed by atoms with Gasteiger partial charge in [0.15, 0.2) is 29.1 Å². The number of ether oxygens (including phenoxy) is 1. The predicted octanol–water partition coefficient (Wildman–Crippen LogP) is 4.16. The minimum atomic E-state index is -1.33. The molecule has 0 radical (unpaired) electrons. The number of carbonyl (C=O) groups is 1. The van der Waals surface area contributed by atoms with E-state index < -0.39 is 35.6 Å². The van der Waals surface area contributed by atoms with Crippen LogP contribution in [0.3, 0.4) is 0 Å². The maximum Gasteiger partial charge on any atom is 0.404 e. The quantitative estimate of drug-likeness (QED) is 0.341. The van der Waals surface area contributed by atoms with Crippen molar-refractivity contribution < 1.29 is 27.8 Å². The summed E-state index contributed by atoms with van der Waals surface area (Å²) in [5.41, 5.74) is 0.338. The van der Waals surface area contributed by atoms with Gasteiger partial charge in [-0.05, 0) is 30.7 Å². The third-order valence-corrected chi connectivity index (χ3v) is 5.84. The molecule has 1 aromatic carbocycles. The first-order valence-electron chi connectivity index (χ1n) is 11.6. The maximum atomic E-state index is 15.0. The van der Waals surface area contributed by atoms with E-state index in [0.29, 0.717) is 31.9 Å². The molecule has 0 bridgehead atoms. The van der Waals surface area contributed by atoms with Gasteiger partial charge in [0, 0.05) is 19.2 Å². The van der Waals surface area contributed by atoms with Crippen LogP contribution < -0.4 is 20.9 Å². The van der Waals surface area contributed by atoms with E-state index in [1.54, 1.807) is 11.0 Å². The van der Waals surface area contributed by atoms with Crippen molar-refractivity contribution in [2.45, 2.75) is 19.0 Å². The number of aromatic nitrogens is 2. The van der Waals surface area contributed by atoms with E-state index >= 15 is 0 Å². The molecule has 38 heavy (non-hydrogen) atoms. The van der Waals surface area contributed by atoms with Gasteiger partial charge in [0.2, 0.25) is 0 Å². The molecule has 3 aromatic rings. The van der Waals surface area contributed by atoms with Crippen molar-refractivity contribution in [2.75, 3.05) is 41.8 Å². The molecule has 0 spiro atoms. The highest BCUT2D eigenvalue weighted by Crippen LogP contribution is 2.29.